The van der Waals surface area contributed by atoms with Crippen molar-refractivity contribution in [2.24, 2.45) is 0 Å². The highest BCUT2D eigenvalue weighted by Crippen LogP contribution is 2.34. The topological polar surface area (TPSA) is 58.6 Å². The zero-order chi connectivity index (χ0) is 22.7. The molecule has 0 saturated carbocycles. The minimum absolute atomic E-state index is 0.0846. The largest absolute Gasteiger partial charge is 0.480 e. The molecule has 0 unspecified atom stereocenters. The number of hydrogen-bond acceptors (Lipinski definition) is 3. The van der Waals surface area contributed by atoms with Crippen LogP contribution in [-0.2, 0) is 22.6 Å². The molecule has 0 spiro atoms. The van der Waals surface area contributed by atoms with Gasteiger partial charge in [0.1, 0.15) is 5.75 Å². The Kier molecular flexibility index (Phi) is 6.47. The van der Waals surface area contributed by atoms with Crippen LogP contribution >= 0.6 is 11.6 Å². The van der Waals surface area contributed by atoms with Gasteiger partial charge in [-0.15, -0.1) is 0 Å². The predicted octanol–water partition coefficient (Wildman–Crippen LogP) is 5.39. The number of carbonyl (C=O) groups excluding carboxylic acids is 2. The van der Waals surface area contributed by atoms with E-state index in [1.165, 1.54) is 6.92 Å². The van der Waals surface area contributed by atoms with Gasteiger partial charge >= 0.3 is 0 Å². The third-order valence-corrected chi connectivity index (χ3v) is 5.84. The Balaban J connectivity index is 1.62. The number of rotatable bonds is 6. The summed E-state index contributed by atoms with van der Waals surface area (Å²) in [5.41, 5.74) is 3.60. The highest BCUT2D eigenvalue weighted by molar-refractivity contribution is 6.30. The minimum Gasteiger partial charge on any atom is -0.480 e. The average Bonchev–Trinajstić information content (AvgIpc) is 3.20. The van der Waals surface area contributed by atoms with E-state index in [4.69, 9.17) is 16.3 Å². The van der Waals surface area contributed by atoms with Gasteiger partial charge < -0.3 is 15.0 Å². The second-order valence-corrected chi connectivity index (χ2v) is 8.43. The molecular weight excluding hydrogens is 424 g/mol. The number of nitrogens with zero attached hydrogens (tertiary/aromatic N) is 1. The number of hydrogen-bond donors (Lipinski definition) is 1. The van der Waals surface area contributed by atoms with Crippen LogP contribution in [0.5, 0.6) is 5.75 Å². The zero-order valence-corrected chi connectivity index (χ0v) is 18.8. The summed E-state index contributed by atoms with van der Waals surface area (Å²) in [6.45, 7) is 3.91. The van der Waals surface area contributed by atoms with Crippen LogP contribution in [0.2, 0.25) is 5.02 Å². The number of fused-ring (bicyclic) bond motifs is 1. The summed E-state index contributed by atoms with van der Waals surface area (Å²) in [5, 5.41) is 3.44. The maximum Gasteiger partial charge on any atom is 0.264 e. The van der Waals surface area contributed by atoms with Gasteiger partial charge in [-0.05, 0) is 53.9 Å². The number of halogens is 1. The van der Waals surface area contributed by atoms with Gasteiger partial charge in [-0.25, -0.2) is 0 Å². The Hall–Kier alpha value is -3.31. The fourth-order valence-corrected chi connectivity index (χ4v) is 4.18. The maximum absolute atomic E-state index is 13.7. The third kappa shape index (κ3) is 4.94. The molecule has 6 heteroatoms. The summed E-state index contributed by atoms with van der Waals surface area (Å²) in [5.74, 6) is 0.481. The van der Waals surface area contributed by atoms with Crippen LogP contribution in [0.3, 0.4) is 0 Å². The van der Waals surface area contributed by atoms with Crippen molar-refractivity contribution in [3.63, 3.8) is 0 Å². The number of anilines is 1. The molecule has 0 fully saturated rings. The normalized spacial score (nSPS) is 15.4. The molecule has 1 aliphatic heterocycles. The van der Waals surface area contributed by atoms with Crippen molar-refractivity contribution in [2.45, 2.75) is 39.0 Å². The highest BCUT2D eigenvalue weighted by Gasteiger charge is 2.35. The van der Waals surface area contributed by atoms with Crippen LogP contribution in [0.15, 0.2) is 72.8 Å². The molecule has 164 valence electrons. The number of ether oxygens (including phenoxy) is 1. The second-order valence-electron chi connectivity index (χ2n) is 8.00. The lowest BCUT2D eigenvalue weighted by atomic mass is 10.0. The average molecular weight is 449 g/mol. The van der Waals surface area contributed by atoms with Gasteiger partial charge in [0.05, 0.1) is 6.04 Å². The minimum atomic E-state index is -0.604. The SMILES string of the molecule is CC(=O)Nc1cccc([C@@H](C)N(Cc2ccccc2)C(=O)[C@@H]2Cc3cc(Cl)ccc3O2)c1. The molecule has 4 rings (SSSR count). The lowest BCUT2D eigenvalue weighted by molar-refractivity contribution is -0.141. The fourth-order valence-electron chi connectivity index (χ4n) is 3.99. The predicted molar refractivity (Wildman–Crippen MR) is 126 cm³/mol. The van der Waals surface area contributed by atoms with Crippen LogP contribution in [0, 0.1) is 0 Å². The third-order valence-electron chi connectivity index (χ3n) is 5.61. The van der Waals surface area contributed by atoms with E-state index in [0.717, 1.165) is 16.7 Å². The van der Waals surface area contributed by atoms with E-state index in [1.54, 1.807) is 6.07 Å². The Morgan fingerprint density at radius 1 is 1.09 bits per heavy atom. The number of nitrogens with one attached hydrogen (secondary N) is 1. The van der Waals surface area contributed by atoms with Gasteiger partial charge in [-0.2, -0.15) is 0 Å². The van der Waals surface area contributed by atoms with E-state index < -0.39 is 6.10 Å². The van der Waals surface area contributed by atoms with Crippen molar-refractivity contribution in [3.8, 4) is 5.75 Å². The Bertz CT molecular complexity index is 1130. The van der Waals surface area contributed by atoms with Crippen LogP contribution in [0.1, 0.15) is 36.6 Å². The van der Waals surface area contributed by atoms with Crippen LogP contribution in [-0.4, -0.2) is 22.8 Å². The summed E-state index contributed by atoms with van der Waals surface area (Å²) >= 11 is 6.12. The standard InChI is InChI=1S/C26H25ClN2O3/c1-17(20-9-6-10-23(14-20)28-18(2)30)29(16-19-7-4-3-5-8-19)26(31)25-15-21-13-22(27)11-12-24(21)32-25/h3-14,17,25H,15-16H2,1-2H3,(H,28,30)/t17-,25+/m1/s1. The quantitative estimate of drug-likeness (QED) is 0.549. The monoisotopic (exact) mass is 448 g/mol. The van der Waals surface area contributed by atoms with Crippen LogP contribution in [0.25, 0.3) is 0 Å². The second kappa shape index (κ2) is 9.45. The molecule has 0 bridgehead atoms. The Labute approximate surface area is 193 Å². The van der Waals surface area contributed by atoms with Gasteiger partial charge in [-0.1, -0.05) is 54.1 Å². The van der Waals surface area contributed by atoms with Gasteiger partial charge in [0.2, 0.25) is 5.91 Å². The van der Waals surface area contributed by atoms with Crippen molar-refractivity contribution in [1.82, 2.24) is 4.90 Å². The summed E-state index contributed by atoms with van der Waals surface area (Å²) in [7, 11) is 0. The molecule has 3 aromatic carbocycles. The molecule has 3 aromatic rings. The van der Waals surface area contributed by atoms with Crippen molar-refractivity contribution < 1.29 is 14.3 Å². The van der Waals surface area contributed by atoms with Crippen molar-refractivity contribution in [3.05, 3.63) is 94.5 Å². The van der Waals surface area contributed by atoms with E-state index >= 15 is 0 Å². The fraction of sp³-hybridized carbons (Fsp3) is 0.231. The highest BCUT2D eigenvalue weighted by atomic mass is 35.5. The van der Waals surface area contributed by atoms with E-state index in [2.05, 4.69) is 5.32 Å². The molecule has 0 aromatic heterocycles. The molecule has 2 amide bonds. The van der Waals surface area contributed by atoms with Crippen molar-refractivity contribution in [1.29, 1.82) is 0 Å². The van der Waals surface area contributed by atoms with E-state index in [0.29, 0.717) is 29.4 Å². The molecule has 2 atom stereocenters. The number of carbonyl (C=O) groups is 2. The number of benzene rings is 3. The van der Waals surface area contributed by atoms with E-state index in [9.17, 15) is 9.59 Å². The molecule has 1 heterocycles. The lowest BCUT2D eigenvalue weighted by Crippen LogP contribution is -2.42. The first-order valence-corrected chi connectivity index (χ1v) is 11.0. The van der Waals surface area contributed by atoms with Crippen molar-refractivity contribution >= 4 is 29.1 Å². The van der Waals surface area contributed by atoms with Gasteiger partial charge in [0.15, 0.2) is 6.10 Å². The Morgan fingerprint density at radius 3 is 2.62 bits per heavy atom. The number of amides is 2. The molecule has 32 heavy (non-hydrogen) atoms. The first kappa shape index (κ1) is 21.9. The summed E-state index contributed by atoms with van der Waals surface area (Å²) < 4.78 is 6.00. The van der Waals surface area contributed by atoms with Crippen LogP contribution < -0.4 is 10.1 Å². The maximum atomic E-state index is 13.7. The zero-order valence-electron chi connectivity index (χ0n) is 18.0. The Morgan fingerprint density at radius 2 is 1.88 bits per heavy atom. The molecule has 1 N–H and O–H groups in total. The van der Waals surface area contributed by atoms with Crippen molar-refractivity contribution in [2.75, 3.05) is 5.32 Å². The molecule has 0 aliphatic carbocycles. The van der Waals surface area contributed by atoms with E-state index in [1.807, 2.05) is 78.6 Å². The molecule has 1 aliphatic rings. The molecule has 0 radical (unpaired) electrons. The first-order chi connectivity index (χ1) is 15.4. The molecular formula is C26H25ClN2O3. The molecule has 0 saturated heterocycles. The van der Waals surface area contributed by atoms with E-state index in [-0.39, 0.29) is 17.9 Å². The lowest BCUT2D eigenvalue weighted by Gasteiger charge is -2.32. The first-order valence-electron chi connectivity index (χ1n) is 10.6. The van der Waals surface area contributed by atoms with Gasteiger partial charge in [-0.3, -0.25) is 9.59 Å². The van der Waals surface area contributed by atoms with Gasteiger partial charge in [0.25, 0.3) is 5.91 Å². The van der Waals surface area contributed by atoms with Crippen LogP contribution in [0.4, 0.5) is 5.69 Å². The summed E-state index contributed by atoms with van der Waals surface area (Å²) in [6.07, 6.45) is -0.119. The molecule has 5 nitrogen and oxygen atoms in total. The summed E-state index contributed by atoms with van der Waals surface area (Å²) in [6, 6.07) is 22.7. The summed E-state index contributed by atoms with van der Waals surface area (Å²) in [4.78, 5) is 27.0. The van der Waals surface area contributed by atoms with Gasteiger partial charge in [0, 0.05) is 30.6 Å². The smallest absolute Gasteiger partial charge is 0.264 e.